The van der Waals surface area contributed by atoms with Gasteiger partial charge < -0.3 is 13.9 Å². The van der Waals surface area contributed by atoms with Crippen molar-refractivity contribution in [2.24, 2.45) is 0 Å². The molecule has 0 aliphatic carbocycles. The molecule has 0 saturated carbocycles. The highest BCUT2D eigenvalue weighted by Crippen LogP contribution is 2.36. The largest absolute Gasteiger partial charge is 0.496 e. The van der Waals surface area contributed by atoms with Crippen LogP contribution in [-0.2, 0) is 0 Å². The Morgan fingerprint density at radius 2 is 1.63 bits per heavy atom. The molecule has 1 aromatic heterocycles. The predicted octanol–water partition coefficient (Wildman–Crippen LogP) is 4.19. The Morgan fingerprint density at radius 3 is 2.41 bits per heavy atom. The third-order valence-corrected chi connectivity index (χ3v) is 4.53. The molecule has 0 bridgehead atoms. The molecular weight excluding hydrogens is 344 g/mol. The molecule has 0 unspecified atom stereocenters. The Morgan fingerprint density at radius 1 is 0.889 bits per heavy atom. The number of methoxy groups -OCH3 is 2. The number of fused-ring (bicyclic) bond motifs is 2. The average molecular weight is 360 g/mol. The molecule has 5 nitrogen and oxygen atoms in total. The lowest BCUT2D eigenvalue weighted by Gasteiger charge is -2.13. The minimum Gasteiger partial charge on any atom is -0.496 e. The molecule has 27 heavy (non-hydrogen) atoms. The van der Waals surface area contributed by atoms with Crippen LogP contribution in [0, 0.1) is 0 Å². The Kier molecular flexibility index (Phi) is 4.12. The zero-order valence-corrected chi connectivity index (χ0v) is 14.8. The molecular formula is C22H16O5. The van der Waals surface area contributed by atoms with Crippen molar-refractivity contribution in [3.8, 4) is 11.5 Å². The van der Waals surface area contributed by atoms with E-state index in [1.807, 2.05) is 30.3 Å². The summed E-state index contributed by atoms with van der Waals surface area (Å²) in [5, 5.41) is 2.11. The summed E-state index contributed by atoms with van der Waals surface area (Å²) in [5.74, 6) is 0.155. The second-order valence-corrected chi connectivity index (χ2v) is 5.99. The van der Waals surface area contributed by atoms with Gasteiger partial charge >= 0.3 is 5.63 Å². The Bertz CT molecular complexity index is 1230. The van der Waals surface area contributed by atoms with Crippen LogP contribution in [0.15, 0.2) is 69.9 Å². The third-order valence-electron chi connectivity index (χ3n) is 4.53. The van der Waals surface area contributed by atoms with Gasteiger partial charge in [-0.3, -0.25) is 4.79 Å². The molecule has 0 saturated heterocycles. The van der Waals surface area contributed by atoms with Gasteiger partial charge in [0.05, 0.1) is 14.2 Å². The van der Waals surface area contributed by atoms with Crippen molar-refractivity contribution >= 4 is 27.5 Å². The molecule has 0 spiro atoms. The van der Waals surface area contributed by atoms with Gasteiger partial charge in [0.2, 0.25) is 5.78 Å². The number of ether oxygens (including phenoxy) is 2. The molecule has 5 heteroatoms. The SMILES string of the molecule is COc1cccc2oc(=O)c(C(=O)c3cccc4ccccc34)c(OC)c12. The van der Waals surface area contributed by atoms with Crippen molar-refractivity contribution in [1.82, 2.24) is 0 Å². The maximum Gasteiger partial charge on any atom is 0.351 e. The van der Waals surface area contributed by atoms with Crippen molar-refractivity contribution in [1.29, 1.82) is 0 Å². The van der Waals surface area contributed by atoms with E-state index in [1.165, 1.54) is 14.2 Å². The smallest absolute Gasteiger partial charge is 0.351 e. The number of carbonyl (C=O) groups is 1. The zero-order valence-electron chi connectivity index (χ0n) is 14.8. The lowest BCUT2D eigenvalue weighted by atomic mass is 9.97. The second kappa shape index (κ2) is 6.61. The molecule has 0 amide bonds. The molecule has 0 aliphatic rings. The van der Waals surface area contributed by atoms with Gasteiger partial charge in [0.1, 0.15) is 16.7 Å². The van der Waals surface area contributed by atoms with Gasteiger partial charge in [0, 0.05) is 5.56 Å². The van der Waals surface area contributed by atoms with E-state index in [4.69, 9.17) is 13.9 Å². The first-order valence-corrected chi connectivity index (χ1v) is 8.36. The highest BCUT2D eigenvalue weighted by atomic mass is 16.5. The summed E-state index contributed by atoms with van der Waals surface area (Å²) < 4.78 is 16.2. The quantitative estimate of drug-likeness (QED) is 0.403. The maximum absolute atomic E-state index is 13.3. The molecule has 1 heterocycles. The summed E-state index contributed by atoms with van der Waals surface area (Å²) in [6, 6.07) is 17.9. The van der Waals surface area contributed by atoms with E-state index in [0.29, 0.717) is 22.3 Å². The van der Waals surface area contributed by atoms with Gasteiger partial charge in [0.15, 0.2) is 11.3 Å². The van der Waals surface area contributed by atoms with Crippen molar-refractivity contribution in [2.75, 3.05) is 14.2 Å². The van der Waals surface area contributed by atoms with Crippen LogP contribution in [0.4, 0.5) is 0 Å². The van der Waals surface area contributed by atoms with E-state index < -0.39 is 11.4 Å². The van der Waals surface area contributed by atoms with Gasteiger partial charge in [-0.2, -0.15) is 0 Å². The first kappa shape index (κ1) is 16.8. The van der Waals surface area contributed by atoms with Crippen LogP contribution >= 0.6 is 0 Å². The zero-order chi connectivity index (χ0) is 19.0. The van der Waals surface area contributed by atoms with Gasteiger partial charge in [-0.25, -0.2) is 4.79 Å². The van der Waals surface area contributed by atoms with Gasteiger partial charge in [0.25, 0.3) is 0 Å². The van der Waals surface area contributed by atoms with E-state index in [1.54, 1.807) is 30.3 Å². The fraction of sp³-hybridized carbons (Fsp3) is 0.0909. The van der Waals surface area contributed by atoms with Crippen LogP contribution in [0.25, 0.3) is 21.7 Å². The van der Waals surface area contributed by atoms with E-state index in [-0.39, 0.29) is 11.3 Å². The maximum atomic E-state index is 13.3. The molecule has 134 valence electrons. The lowest BCUT2D eigenvalue weighted by Crippen LogP contribution is -2.17. The minimum atomic E-state index is -0.745. The third kappa shape index (κ3) is 2.64. The molecule has 4 rings (SSSR count). The van der Waals surface area contributed by atoms with Crippen molar-refractivity contribution < 1.29 is 18.7 Å². The highest BCUT2D eigenvalue weighted by molar-refractivity contribution is 6.19. The number of carbonyl (C=O) groups excluding carboxylic acids is 1. The van der Waals surface area contributed by atoms with Crippen molar-refractivity contribution in [3.63, 3.8) is 0 Å². The molecule has 3 aromatic carbocycles. The van der Waals surface area contributed by atoms with Crippen LogP contribution in [0.3, 0.4) is 0 Å². The van der Waals surface area contributed by atoms with E-state index in [9.17, 15) is 9.59 Å². The summed E-state index contributed by atoms with van der Waals surface area (Å²) in [5.41, 5.74) is -0.185. The number of benzene rings is 3. The molecule has 0 fully saturated rings. The molecule has 4 aromatic rings. The Balaban J connectivity index is 2.05. The summed E-state index contributed by atoms with van der Waals surface area (Å²) >= 11 is 0. The van der Waals surface area contributed by atoms with E-state index >= 15 is 0 Å². The van der Waals surface area contributed by atoms with Crippen LogP contribution in [0.1, 0.15) is 15.9 Å². The van der Waals surface area contributed by atoms with Crippen LogP contribution in [0.2, 0.25) is 0 Å². The Hall–Kier alpha value is -3.60. The molecule has 0 N–H and O–H groups in total. The Labute approximate surface area is 154 Å². The first-order valence-electron chi connectivity index (χ1n) is 8.36. The van der Waals surface area contributed by atoms with Crippen molar-refractivity contribution in [3.05, 3.63) is 82.2 Å². The van der Waals surface area contributed by atoms with E-state index in [0.717, 1.165) is 10.8 Å². The summed E-state index contributed by atoms with van der Waals surface area (Å²) in [7, 11) is 2.92. The predicted molar refractivity (Wildman–Crippen MR) is 103 cm³/mol. The van der Waals surface area contributed by atoms with Crippen LogP contribution in [0.5, 0.6) is 11.5 Å². The lowest BCUT2D eigenvalue weighted by molar-refractivity contribution is 0.103. The highest BCUT2D eigenvalue weighted by Gasteiger charge is 2.26. The minimum absolute atomic E-state index is 0.147. The second-order valence-electron chi connectivity index (χ2n) is 5.99. The number of ketones is 1. The van der Waals surface area contributed by atoms with Gasteiger partial charge in [-0.05, 0) is 22.9 Å². The monoisotopic (exact) mass is 360 g/mol. The van der Waals surface area contributed by atoms with Crippen molar-refractivity contribution in [2.45, 2.75) is 0 Å². The van der Waals surface area contributed by atoms with Gasteiger partial charge in [-0.15, -0.1) is 0 Å². The van der Waals surface area contributed by atoms with Gasteiger partial charge in [-0.1, -0.05) is 48.5 Å². The van der Waals surface area contributed by atoms with Crippen LogP contribution in [-0.4, -0.2) is 20.0 Å². The topological polar surface area (TPSA) is 65.7 Å². The van der Waals surface area contributed by atoms with Crippen LogP contribution < -0.4 is 15.1 Å². The summed E-state index contributed by atoms with van der Waals surface area (Å²) in [6.45, 7) is 0. The summed E-state index contributed by atoms with van der Waals surface area (Å²) in [4.78, 5) is 26.0. The fourth-order valence-electron chi connectivity index (χ4n) is 3.32. The normalized spacial score (nSPS) is 10.9. The fourth-order valence-corrected chi connectivity index (χ4v) is 3.32. The standard InChI is InChI=1S/C22H16O5/c1-25-16-11-6-12-17-18(16)21(26-2)19(22(24)27-17)20(23)15-10-5-8-13-7-3-4-9-14(13)15/h3-12H,1-2H3. The number of hydrogen-bond acceptors (Lipinski definition) is 5. The average Bonchev–Trinajstić information content (AvgIpc) is 2.71. The molecule has 0 radical (unpaired) electrons. The molecule has 0 atom stereocenters. The molecule has 0 aliphatic heterocycles. The first-order chi connectivity index (χ1) is 13.2. The summed E-state index contributed by atoms with van der Waals surface area (Å²) in [6.07, 6.45) is 0. The van der Waals surface area contributed by atoms with E-state index in [2.05, 4.69) is 0 Å². The number of hydrogen-bond donors (Lipinski definition) is 0. The number of rotatable bonds is 4.